The van der Waals surface area contributed by atoms with Gasteiger partial charge in [0, 0.05) is 24.1 Å². The number of aliphatic hydroxyl groups is 1. The summed E-state index contributed by atoms with van der Waals surface area (Å²) >= 11 is 0. The molecule has 1 saturated carbocycles. The highest BCUT2D eigenvalue weighted by molar-refractivity contribution is 5.55. The van der Waals surface area contributed by atoms with Gasteiger partial charge in [-0.3, -0.25) is 4.90 Å². The first-order chi connectivity index (χ1) is 11.8. The second-order valence-corrected chi connectivity index (χ2v) is 6.76. The Balaban J connectivity index is 1.48. The molecule has 0 bridgehead atoms. The normalized spacial score (nSPS) is 28.3. The van der Waals surface area contributed by atoms with Crippen molar-refractivity contribution < 1.29 is 14.3 Å². The summed E-state index contributed by atoms with van der Waals surface area (Å²) in [6, 6.07) is 10.3. The summed E-state index contributed by atoms with van der Waals surface area (Å²) in [4.78, 5) is 6.82. The predicted octanol–water partition coefficient (Wildman–Crippen LogP) is 2.70. The maximum atomic E-state index is 10.3. The van der Waals surface area contributed by atoms with E-state index in [-0.39, 0.29) is 12.1 Å². The lowest BCUT2D eigenvalue weighted by atomic mass is 9.94. The Morgan fingerprint density at radius 2 is 2.08 bits per heavy atom. The third-order valence-electron chi connectivity index (χ3n) is 5.26. The second kappa shape index (κ2) is 7.05. The van der Waals surface area contributed by atoms with Gasteiger partial charge in [-0.2, -0.15) is 0 Å². The van der Waals surface area contributed by atoms with Crippen LogP contribution in [0.3, 0.4) is 0 Å². The molecular weight excluding hydrogens is 304 g/mol. The average molecular weight is 328 g/mol. The first-order valence-corrected chi connectivity index (χ1v) is 8.81. The third-order valence-corrected chi connectivity index (χ3v) is 5.26. The van der Waals surface area contributed by atoms with Crippen molar-refractivity contribution in [3.8, 4) is 11.3 Å². The Bertz CT molecular complexity index is 658. The Labute approximate surface area is 142 Å². The van der Waals surface area contributed by atoms with E-state index in [0.29, 0.717) is 19.1 Å². The van der Waals surface area contributed by atoms with Crippen LogP contribution in [-0.2, 0) is 11.3 Å². The van der Waals surface area contributed by atoms with Gasteiger partial charge in [0.25, 0.3) is 0 Å². The van der Waals surface area contributed by atoms with Crippen molar-refractivity contribution in [1.29, 1.82) is 0 Å². The van der Waals surface area contributed by atoms with Crippen LogP contribution in [0.25, 0.3) is 11.3 Å². The molecule has 128 valence electrons. The van der Waals surface area contributed by atoms with Crippen LogP contribution in [0.4, 0.5) is 0 Å². The lowest BCUT2D eigenvalue weighted by molar-refractivity contribution is -0.0562. The molecule has 2 heterocycles. The van der Waals surface area contributed by atoms with Gasteiger partial charge in [-0.05, 0) is 12.8 Å². The quantitative estimate of drug-likeness (QED) is 0.935. The van der Waals surface area contributed by atoms with Gasteiger partial charge in [-0.1, -0.05) is 36.8 Å². The van der Waals surface area contributed by atoms with Gasteiger partial charge in [0.2, 0.25) is 5.89 Å². The molecule has 2 aromatic rings. The zero-order chi connectivity index (χ0) is 16.4. The molecule has 1 N–H and O–H groups in total. The average Bonchev–Trinajstić information content (AvgIpc) is 3.25. The molecule has 2 fully saturated rings. The topological polar surface area (TPSA) is 58.7 Å². The van der Waals surface area contributed by atoms with Gasteiger partial charge in [0.05, 0.1) is 32.1 Å². The number of aromatic nitrogens is 1. The van der Waals surface area contributed by atoms with Gasteiger partial charge in [0.1, 0.15) is 0 Å². The minimum absolute atomic E-state index is 0.205. The van der Waals surface area contributed by atoms with Crippen LogP contribution in [0.1, 0.15) is 25.2 Å². The highest BCUT2D eigenvalue weighted by Gasteiger charge is 2.37. The van der Waals surface area contributed by atoms with Gasteiger partial charge >= 0.3 is 0 Å². The molecule has 5 nitrogen and oxygen atoms in total. The van der Waals surface area contributed by atoms with Crippen molar-refractivity contribution in [1.82, 2.24) is 9.88 Å². The highest BCUT2D eigenvalue weighted by Crippen LogP contribution is 2.33. The number of aliphatic hydroxyl groups excluding tert-OH is 1. The van der Waals surface area contributed by atoms with Gasteiger partial charge in [-0.15, -0.1) is 0 Å². The smallest absolute Gasteiger partial charge is 0.209 e. The molecule has 3 atom stereocenters. The van der Waals surface area contributed by atoms with E-state index in [1.165, 1.54) is 0 Å². The van der Waals surface area contributed by atoms with Crippen LogP contribution in [0.15, 0.2) is 40.9 Å². The summed E-state index contributed by atoms with van der Waals surface area (Å²) in [5.41, 5.74) is 1.04. The summed E-state index contributed by atoms with van der Waals surface area (Å²) in [5.74, 6) is 1.83. The van der Waals surface area contributed by atoms with E-state index in [9.17, 15) is 5.11 Å². The summed E-state index contributed by atoms with van der Waals surface area (Å²) in [7, 11) is 0. The largest absolute Gasteiger partial charge is 0.439 e. The zero-order valence-corrected chi connectivity index (χ0v) is 13.8. The lowest BCUT2D eigenvalue weighted by Gasteiger charge is -2.39. The number of oxazole rings is 1. The summed E-state index contributed by atoms with van der Waals surface area (Å²) in [6.45, 7) is 2.95. The second-order valence-electron chi connectivity index (χ2n) is 6.76. The molecular formula is C19H24N2O3. The molecule has 3 unspecified atom stereocenters. The molecule has 0 radical (unpaired) electrons. The number of ether oxygens (including phenoxy) is 1. The van der Waals surface area contributed by atoms with Crippen LogP contribution < -0.4 is 0 Å². The van der Waals surface area contributed by atoms with E-state index in [2.05, 4.69) is 9.88 Å². The monoisotopic (exact) mass is 328 g/mol. The molecule has 2 aliphatic rings. The van der Waals surface area contributed by atoms with Crippen molar-refractivity contribution >= 4 is 0 Å². The van der Waals surface area contributed by atoms with Gasteiger partial charge in [-0.25, -0.2) is 4.98 Å². The van der Waals surface area contributed by atoms with Crippen molar-refractivity contribution in [2.75, 3.05) is 19.8 Å². The molecule has 0 amide bonds. The van der Waals surface area contributed by atoms with Crippen molar-refractivity contribution in [3.05, 3.63) is 42.4 Å². The van der Waals surface area contributed by atoms with Gasteiger partial charge in [0.15, 0.2) is 5.76 Å². The minimum atomic E-state index is -0.205. The zero-order valence-electron chi connectivity index (χ0n) is 13.8. The molecule has 1 aromatic heterocycles. The van der Waals surface area contributed by atoms with Crippen LogP contribution in [0.2, 0.25) is 0 Å². The summed E-state index contributed by atoms with van der Waals surface area (Å²) < 4.78 is 11.6. The van der Waals surface area contributed by atoms with E-state index in [0.717, 1.165) is 49.6 Å². The molecule has 1 saturated heterocycles. The predicted molar refractivity (Wildman–Crippen MR) is 90.3 cm³/mol. The fourth-order valence-electron chi connectivity index (χ4n) is 3.96. The fourth-order valence-corrected chi connectivity index (χ4v) is 3.96. The maximum Gasteiger partial charge on any atom is 0.209 e. The number of hydrogen-bond acceptors (Lipinski definition) is 5. The van der Waals surface area contributed by atoms with Crippen molar-refractivity contribution in [2.24, 2.45) is 5.92 Å². The number of nitrogens with zero attached hydrogens (tertiary/aromatic N) is 2. The van der Waals surface area contributed by atoms with E-state index < -0.39 is 0 Å². The van der Waals surface area contributed by atoms with Crippen LogP contribution in [-0.4, -0.2) is 46.9 Å². The number of rotatable bonds is 4. The van der Waals surface area contributed by atoms with E-state index in [1.54, 1.807) is 6.20 Å². The summed E-state index contributed by atoms with van der Waals surface area (Å²) in [5, 5.41) is 10.3. The molecule has 0 spiro atoms. The highest BCUT2D eigenvalue weighted by atomic mass is 16.5. The molecule has 5 heteroatoms. The Kier molecular flexibility index (Phi) is 4.65. The molecule has 1 aliphatic carbocycles. The molecule has 4 rings (SSSR count). The Hall–Kier alpha value is -1.69. The minimum Gasteiger partial charge on any atom is -0.439 e. The van der Waals surface area contributed by atoms with Crippen LogP contribution in [0.5, 0.6) is 0 Å². The summed E-state index contributed by atoms with van der Waals surface area (Å²) in [6.07, 6.45) is 4.68. The van der Waals surface area contributed by atoms with E-state index in [1.807, 2.05) is 30.3 Å². The standard InChI is InChI=1S/C19H24N2O3/c22-17-8-4-7-15(17)16-13-23-10-9-21(16)12-19-20-11-18(24-19)14-5-2-1-3-6-14/h1-3,5-6,11,15-17,22H,4,7-10,12-13H2. The molecule has 1 aliphatic heterocycles. The van der Waals surface area contributed by atoms with E-state index >= 15 is 0 Å². The molecule has 1 aromatic carbocycles. The number of benzene rings is 1. The van der Waals surface area contributed by atoms with E-state index in [4.69, 9.17) is 9.15 Å². The Morgan fingerprint density at radius 1 is 1.21 bits per heavy atom. The Morgan fingerprint density at radius 3 is 2.88 bits per heavy atom. The molecule has 24 heavy (non-hydrogen) atoms. The maximum absolute atomic E-state index is 10.3. The lowest BCUT2D eigenvalue weighted by Crippen LogP contribution is -2.50. The van der Waals surface area contributed by atoms with Crippen molar-refractivity contribution in [2.45, 2.75) is 38.0 Å². The van der Waals surface area contributed by atoms with Crippen LogP contribution >= 0.6 is 0 Å². The fraction of sp³-hybridized carbons (Fsp3) is 0.526. The third kappa shape index (κ3) is 3.24. The van der Waals surface area contributed by atoms with Gasteiger partial charge < -0.3 is 14.3 Å². The number of hydrogen-bond donors (Lipinski definition) is 1. The van der Waals surface area contributed by atoms with Crippen molar-refractivity contribution in [3.63, 3.8) is 0 Å². The number of morpholine rings is 1. The van der Waals surface area contributed by atoms with Crippen LogP contribution in [0, 0.1) is 5.92 Å². The first-order valence-electron chi connectivity index (χ1n) is 8.81. The first kappa shape index (κ1) is 15.8. The SMILES string of the molecule is OC1CCCC1C1COCCN1Cc1ncc(-c2ccccc2)o1.